The van der Waals surface area contributed by atoms with Gasteiger partial charge in [-0.25, -0.2) is 4.79 Å². The molecule has 4 rings (SSSR count). The Morgan fingerprint density at radius 2 is 1.17 bits per heavy atom. The van der Waals surface area contributed by atoms with Crippen molar-refractivity contribution in [3.05, 3.63) is 0 Å². The Morgan fingerprint density at radius 1 is 0.750 bits per heavy atom. The molecule has 0 unspecified atom stereocenters. The number of carbonyl (C=O) groups excluding carboxylic acids is 1. The minimum Gasteiger partial charge on any atom is -0.371 e. The summed E-state index contributed by atoms with van der Waals surface area (Å²) in [5, 5.41) is 6.77. The van der Waals surface area contributed by atoms with Crippen LogP contribution in [0, 0.1) is 0 Å². The van der Waals surface area contributed by atoms with Crippen molar-refractivity contribution in [2.45, 2.75) is 36.9 Å². The molecule has 0 aliphatic carbocycles. The van der Waals surface area contributed by atoms with Gasteiger partial charge in [0.15, 0.2) is 0 Å². The molecule has 136 valence electrons. The van der Waals surface area contributed by atoms with E-state index in [1.54, 1.807) is 0 Å². The van der Waals surface area contributed by atoms with E-state index < -0.39 is 0 Å². The number of amides is 2. The van der Waals surface area contributed by atoms with Gasteiger partial charge in [0.2, 0.25) is 0 Å². The molecular weight excluding hydrogens is 308 g/mol. The third kappa shape index (κ3) is 3.27. The fraction of sp³-hybridized carbons (Fsp3) is 0.941. The lowest BCUT2D eigenvalue weighted by molar-refractivity contribution is -0.129. The molecule has 0 aromatic rings. The van der Waals surface area contributed by atoms with Gasteiger partial charge in [0.1, 0.15) is 0 Å². The van der Waals surface area contributed by atoms with E-state index in [0.29, 0.717) is 26.3 Å². The third-order valence-electron chi connectivity index (χ3n) is 6.07. The largest absolute Gasteiger partial charge is 0.371 e. The molecule has 7 heteroatoms. The zero-order valence-electron chi connectivity index (χ0n) is 14.5. The summed E-state index contributed by atoms with van der Waals surface area (Å²) in [6.07, 6.45) is 3.98. The van der Waals surface area contributed by atoms with E-state index >= 15 is 0 Å². The second-order valence-electron chi connectivity index (χ2n) is 7.69. The van der Waals surface area contributed by atoms with E-state index in [4.69, 9.17) is 9.47 Å². The lowest BCUT2D eigenvalue weighted by Crippen LogP contribution is -2.63. The van der Waals surface area contributed by atoms with Crippen molar-refractivity contribution >= 4 is 6.03 Å². The van der Waals surface area contributed by atoms with Gasteiger partial charge < -0.3 is 29.9 Å². The summed E-state index contributed by atoms with van der Waals surface area (Å²) in [5.41, 5.74) is -0.254. The van der Waals surface area contributed by atoms with Crippen molar-refractivity contribution < 1.29 is 14.3 Å². The van der Waals surface area contributed by atoms with Crippen LogP contribution in [0.3, 0.4) is 0 Å². The first-order valence-corrected chi connectivity index (χ1v) is 9.44. The van der Waals surface area contributed by atoms with Gasteiger partial charge >= 0.3 is 6.03 Å². The normalized spacial score (nSPS) is 29.8. The summed E-state index contributed by atoms with van der Waals surface area (Å²) in [6.45, 7) is 8.13. The smallest absolute Gasteiger partial charge is 0.320 e. The fourth-order valence-corrected chi connectivity index (χ4v) is 4.59. The van der Waals surface area contributed by atoms with Crippen molar-refractivity contribution in [2.24, 2.45) is 0 Å². The third-order valence-corrected chi connectivity index (χ3v) is 6.07. The van der Waals surface area contributed by atoms with E-state index in [9.17, 15) is 4.79 Å². The molecule has 0 bridgehead atoms. The molecule has 2 spiro atoms. The van der Waals surface area contributed by atoms with Crippen LogP contribution in [0.5, 0.6) is 0 Å². The van der Waals surface area contributed by atoms with Gasteiger partial charge in [-0.05, 0) is 51.9 Å². The fourth-order valence-electron chi connectivity index (χ4n) is 4.59. The molecule has 0 aromatic carbocycles. The molecule has 4 fully saturated rings. The Balaban J connectivity index is 1.41. The van der Waals surface area contributed by atoms with Crippen LogP contribution < -0.4 is 10.6 Å². The Labute approximate surface area is 144 Å². The van der Waals surface area contributed by atoms with Gasteiger partial charge in [-0.15, -0.1) is 0 Å². The number of nitrogens with zero attached hydrogens (tertiary/aromatic N) is 2. The van der Waals surface area contributed by atoms with Crippen LogP contribution in [0.1, 0.15) is 25.7 Å². The number of morpholine rings is 2. The predicted molar refractivity (Wildman–Crippen MR) is 90.1 cm³/mol. The first-order valence-electron chi connectivity index (χ1n) is 9.44. The minimum atomic E-state index is -0.127. The summed E-state index contributed by atoms with van der Waals surface area (Å²) in [4.78, 5) is 17.2. The Bertz CT molecular complexity index is 410. The Kier molecular flexibility index (Phi) is 4.68. The van der Waals surface area contributed by atoms with Crippen LogP contribution in [-0.4, -0.2) is 92.6 Å². The quantitative estimate of drug-likeness (QED) is 0.652. The molecule has 4 saturated heterocycles. The summed E-state index contributed by atoms with van der Waals surface area (Å²) >= 11 is 0. The highest BCUT2D eigenvalue weighted by molar-refractivity contribution is 5.75. The van der Waals surface area contributed by atoms with Gasteiger partial charge in [0, 0.05) is 13.1 Å². The minimum absolute atomic E-state index is 0.127. The molecule has 0 saturated carbocycles. The van der Waals surface area contributed by atoms with Crippen LogP contribution in [0.25, 0.3) is 0 Å². The van der Waals surface area contributed by atoms with Crippen molar-refractivity contribution in [1.82, 2.24) is 20.4 Å². The maximum atomic E-state index is 13.1. The van der Waals surface area contributed by atoms with E-state index in [-0.39, 0.29) is 17.2 Å². The molecular formula is C17H30N4O3. The predicted octanol–water partition coefficient (Wildman–Crippen LogP) is 0.0152. The van der Waals surface area contributed by atoms with Crippen LogP contribution in [0.4, 0.5) is 4.79 Å². The molecule has 0 atom stereocenters. The number of hydrogen-bond acceptors (Lipinski definition) is 5. The number of urea groups is 1. The standard InChI is InChI=1S/C17H30N4O3/c22-15(20-9-11-23-16(13-20)1-5-18-6-2-16)21-10-12-24-17(14-21)3-7-19-8-4-17/h18-19H,1-14H2. The van der Waals surface area contributed by atoms with Gasteiger partial charge in [-0.1, -0.05) is 0 Å². The number of hydrogen-bond donors (Lipinski definition) is 2. The second kappa shape index (κ2) is 6.78. The summed E-state index contributed by atoms with van der Waals surface area (Å²) in [6, 6.07) is 0.178. The van der Waals surface area contributed by atoms with E-state index in [2.05, 4.69) is 10.6 Å². The zero-order valence-corrected chi connectivity index (χ0v) is 14.5. The van der Waals surface area contributed by atoms with Crippen molar-refractivity contribution in [1.29, 1.82) is 0 Å². The Hall–Kier alpha value is -0.890. The highest BCUT2D eigenvalue weighted by Crippen LogP contribution is 2.30. The average Bonchev–Trinajstić information content (AvgIpc) is 2.62. The lowest BCUT2D eigenvalue weighted by Gasteiger charge is -2.49. The molecule has 24 heavy (non-hydrogen) atoms. The van der Waals surface area contributed by atoms with E-state index in [1.165, 1.54) is 0 Å². The molecule has 4 aliphatic rings. The number of nitrogens with one attached hydrogen (secondary N) is 2. The molecule has 4 aliphatic heterocycles. The number of ether oxygens (including phenoxy) is 2. The molecule has 7 nitrogen and oxygen atoms in total. The van der Waals surface area contributed by atoms with Crippen LogP contribution in [0.2, 0.25) is 0 Å². The maximum absolute atomic E-state index is 13.1. The zero-order chi connectivity index (χ0) is 16.5. The highest BCUT2D eigenvalue weighted by Gasteiger charge is 2.43. The lowest BCUT2D eigenvalue weighted by atomic mass is 9.89. The van der Waals surface area contributed by atoms with Crippen LogP contribution in [-0.2, 0) is 9.47 Å². The Morgan fingerprint density at radius 3 is 1.58 bits per heavy atom. The average molecular weight is 338 g/mol. The molecule has 4 heterocycles. The van der Waals surface area contributed by atoms with Crippen molar-refractivity contribution in [2.75, 3.05) is 65.6 Å². The molecule has 2 amide bonds. The first-order chi connectivity index (χ1) is 11.7. The number of carbonyl (C=O) groups is 1. The number of piperidine rings is 2. The van der Waals surface area contributed by atoms with Crippen molar-refractivity contribution in [3.8, 4) is 0 Å². The van der Waals surface area contributed by atoms with Gasteiger partial charge in [-0.2, -0.15) is 0 Å². The molecule has 0 aromatic heterocycles. The SMILES string of the molecule is O=C(N1CCOC2(CCNCC2)C1)N1CCOC2(CCNCC2)C1. The molecule has 2 N–H and O–H groups in total. The second-order valence-corrected chi connectivity index (χ2v) is 7.69. The van der Waals surface area contributed by atoms with Gasteiger partial charge in [0.25, 0.3) is 0 Å². The summed E-state index contributed by atoms with van der Waals surface area (Å²) in [5.74, 6) is 0. The van der Waals surface area contributed by atoms with Gasteiger partial charge in [0.05, 0.1) is 37.5 Å². The number of rotatable bonds is 0. The van der Waals surface area contributed by atoms with Gasteiger partial charge in [-0.3, -0.25) is 0 Å². The topological polar surface area (TPSA) is 66.1 Å². The monoisotopic (exact) mass is 338 g/mol. The van der Waals surface area contributed by atoms with Crippen LogP contribution in [0.15, 0.2) is 0 Å². The molecule has 0 radical (unpaired) electrons. The van der Waals surface area contributed by atoms with E-state index in [0.717, 1.165) is 65.0 Å². The summed E-state index contributed by atoms with van der Waals surface area (Å²) < 4.78 is 12.2. The van der Waals surface area contributed by atoms with Crippen LogP contribution >= 0.6 is 0 Å². The summed E-state index contributed by atoms with van der Waals surface area (Å²) in [7, 11) is 0. The first kappa shape index (κ1) is 16.6. The van der Waals surface area contributed by atoms with E-state index in [1.807, 2.05) is 9.80 Å². The maximum Gasteiger partial charge on any atom is 0.320 e. The highest BCUT2D eigenvalue weighted by atomic mass is 16.5. The van der Waals surface area contributed by atoms with Crippen molar-refractivity contribution in [3.63, 3.8) is 0 Å².